The lowest BCUT2D eigenvalue weighted by Gasteiger charge is -2.18. The molecule has 206 valence electrons. The highest BCUT2D eigenvalue weighted by molar-refractivity contribution is 7.59. The van der Waals surface area contributed by atoms with Crippen molar-refractivity contribution in [3.63, 3.8) is 0 Å². The van der Waals surface area contributed by atoms with Crippen LogP contribution < -0.4 is 11.1 Å². The molecule has 0 heterocycles. The second-order valence-corrected chi connectivity index (χ2v) is 6.33. The van der Waals surface area contributed by atoms with Crippen LogP contribution in [0.2, 0.25) is 0 Å². The number of nitrogens with one attached hydrogen (secondary N) is 1. The highest BCUT2D eigenvalue weighted by Gasteiger charge is 2.23. The van der Waals surface area contributed by atoms with E-state index in [4.69, 9.17) is 25.4 Å². The first kappa shape index (κ1) is 45.9. The summed E-state index contributed by atoms with van der Waals surface area (Å²) in [6.07, 6.45) is 3.00. The summed E-state index contributed by atoms with van der Waals surface area (Å²) in [5, 5.41) is 19.1. The van der Waals surface area contributed by atoms with E-state index < -0.39 is 35.8 Å². The van der Waals surface area contributed by atoms with Gasteiger partial charge in [-0.1, -0.05) is 26.7 Å². The minimum absolute atomic E-state index is 0. The van der Waals surface area contributed by atoms with Crippen molar-refractivity contribution < 1.29 is 43.7 Å². The van der Waals surface area contributed by atoms with E-state index in [1.165, 1.54) is 6.92 Å². The van der Waals surface area contributed by atoms with Crippen LogP contribution in [-0.2, 0) is 33.4 Å². The molecule has 0 saturated carbocycles. The van der Waals surface area contributed by atoms with E-state index in [1.807, 2.05) is 13.8 Å². The van der Waals surface area contributed by atoms with Crippen molar-refractivity contribution in [1.29, 1.82) is 0 Å². The van der Waals surface area contributed by atoms with Crippen LogP contribution >= 0.6 is 40.5 Å². The van der Waals surface area contributed by atoms with Gasteiger partial charge in [0.1, 0.15) is 18.1 Å². The quantitative estimate of drug-likeness (QED) is 0.203. The first-order valence-electron chi connectivity index (χ1n) is 10.2. The monoisotopic (exact) mass is 552 g/mol. The van der Waals surface area contributed by atoms with E-state index in [9.17, 15) is 24.0 Å². The number of ketones is 1. The fourth-order valence-electron chi connectivity index (χ4n) is 1.85. The molecule has 0 spiro atoms. The predicted molar refractivity (Wildman–Crippen MR) is 145 cm³/mol. The average Bonchev–Trinajstić information content (AvgIpc) is 2.68. The molecule has 14 heteroatoms. The van der Waals surface area contributed by atoms with E-state index in [0.717, 1.165) is 19.8 Å². The molecule has 0 radical (unpaired) electrons. The van der Waals surface area contributed by atoms with Gasteiger partial charge < -0.3 is 25.4 Å². The molecule has 0 bridgehead atoms. The molecule has 0 aliphatic rings. The van der Waals surface area contributed by atoms with Gasteiger partial charge in [0, 0.05) is 6.92 Å². The van der Waals surface area contributed by atoms with E-state index in [0.29, 0.717) is 26.1 Å². The molecule has 34 heavy (non-hydrogen) atoms. The third-order valence-corrected chi connectivity index (χ3v) is 3.46. The van der Waals surface area contributed by atoms with Crippen molar-refractivity contribution in [2.45, 2.75) is 85.4 Å². The number of nitrogens with two attached hydrogens (primary N) is 1. The minimum atomic E-state index is -1.38. The Morgan fingerprint density at radius 3 is 1.50 bits per heavy atom. The maximum absolute atomic E-state index is 11.4. The van der Waals surface area contributed by atoms with Gasteiger partial charge in [0.25, 0.3) is 0 Å². The molecular weight excluding hydrogens is 508 g/mol. The molecule has 0 aromatic rings. The summed E-state index contributed by atoms with van der Waals surface area (Å²) < 4.78 is 9.54. The standard InChI is InChI=1S/C10H19NO4.C7H15NO2.C3H4O3.3H2S/c1-4-6-8(10(14)15-5-2)11-7(3)9(12)13;1-3-5-6(8)7(9)10-4-2;1-2(4)3(5)6;;;/h7-8,11H,4-6H2,1-3H3,(H,12,13);6H,3-5,8H2,1-2H3;1H3,(H,5,6);3*1H2. The Hall–Kier alpha value is -1.48. The number of carboxylic acids is 2. The molecule has 0 aliphatic heterocycles. The Morgan fingerprint density at radius 1 is 0.824 bits per heavy atom. The average molecular weight is 553 g/mol. The van der Waals surface area contributed by atoms with Crippen molar-refractivity contribution >= 4 is 70.1 Å². The van der Waals surface area contributed by atoms with Gasteiger partial charge in [-0.3, -0.25) is 24.5 Å². The molecule has 3 unspecified atom stereocenters. The molecule has 0 fully saturated rings. The first-order chi connectivity index (χ1) is 14.4. The lowest BCUT2D eigenvalue weighted by molar-refractivity contribution is -0.148. The van der Waals surface area contributed by atoms with Gasteiger partial charge in [0.05, 0.1) is 13.2 Å². The van der Waals surface area contributed by atoms with Gasteiger partial charge in [-0.2, -0.15) is 40.5 Å². The maximum Gasteiger partial charge on any atom is 0.371 e. The second kappa shape index (κ2) is 29.6. The van der Waals surface area contributed by atoms with Crippen LogP contribution in [0.3, 0.4) is 0 Å². The van der Waals surface area contributed by atoms with E-state index in [2.05, 4.69) is 5.32 Å². The molecule has 3 atom stereocenters. The number of esters is 2. The van der Waals surface area contributed by atoms with Crippen LogP contribution in [0, 0.1) is 0 Å². The Kier molecular flexibility index (Phi) is 39.9. The van der Waals surface area contributed by atoms with Crippen LogP contribution in [0.15, 0.2) is 0 Å². The number of carbonyl (C=O) groups excluding carboxylic acids is 3. The first-order valence-corrected chi connectivity index (χ1v) is 10.2. The molecule has 0 rings (SSSR count). The molecule has 0 aromatic heterocycles. The van der Waals surface area contributed by atoms with Crippen molar-refractivity contribution in [3.8, 4) is 0 Å². The van der Waals surface area contributed by atoms with Gasteiger partial charge >= 0.3 is 23.9 Å². The number of rotatable bonds is 12. The zero-order chi connectivity index (χ0) is 25.0. The smallest absolute Gasteiger partial charge is 0.371 e. The van der Waals surface area contributed by atoms with Gasteiger partial charge in [-0.05, 0) is 33.6 Å². The van der Waals surface area contributed by atoms with Gasteiger partial charge in [-0.25, -0.2) is 4.79 Å². The molecule has 0 aromatic carbocycles. The van der Waals surface area contributed by atoms with Crippen molar-refractivity contribution in [3.05, 3.63) is 0 Å². The predicted octanol–water partition coefficient (Wildman–Crippen LogP) is 1.46. The number of carbonyl (C=O) groups is 5. The summed E-state index contributed by atoms with van der Waals surface area (Å²) in [6, 6.07) is -1.70. The Bertz CT molecular complexity index is 555. The summed E-state index contributed by atoms with van der Waals surface area (Å²) in [7, 11) is 0. The molecule has 11 nitrogen and oxygen atoms in total. The third kappa shape index (κ3) is 28.6. The fourth-order valence-corrected chi connectivity index (χ4v) is 1.85. The molecule has 5 N–H and O–H groups in total. The second-order valence-electron chi connectivity index (χ2n) is 6.33. The lowest BCUT2D eigenvalue weighted by atomic mass is 10.1. The Morgan fingerprint density at radius 2 is 1.21 bits per heavy atom. The summed E-state index contributed by atoms with van der Waals surface area (Å²) in [5.41, 5.74) is 5.44. The van der Waals surface area contributed by atoms with Crippen LogP contribution in [0.1, 0.15) is 67.2 Å². The van der Waals surface area contributed by atoms with Crippen molar-refractivity contribution in [2.24, 2.45) is 5.73 Å². The number of aliphatic carboxylic acids is 2. The van der Waals surface area contributed by atoms with Crippen LogP contribution in [0.25, 0.3) is 0 Å². The van der Waals surface area contributed by atoms with Gasteiger partial charge in [0.2, 0.25) is 5.78 Å². The third-order valence-electron chi connectivity index (χ3n) is 3.46. The molecule has 0 aliphatic carbocycles. The van der Waals surface area contributed by atoms with Crippen molar-refractivity contribution in [2.75, 3.05) is 13.2 Å². The van der Waals surface area contributed by atoms with E-state index in [1.54, 1.807) is 13.8 Å². The number of hydrogen-bond acceptors (Lipinski definition) is 9. The number of Topliss-reactive ketones (excluding diaryl/α,β-unsaturated/α-hetero) is 1. The Labute approximate surface area is 223 Å². The number of carboxylic acid groups (broad SMARTS) is 2. The largest absolute Gasteiger partial charge is 0.480 e. The SMILES string of the molecule is CC(=O)C(=O)O.CCCC(N)C(=O)OCC.CCCC(NC(C)C(=O)O)C(=O)OCC.S.S.S. The van der Waals surface area contributed by atoms with Crippen LogP contribution in [0.4, 0.5) is 0 Å². The number of hydrogen-bond donors (Lipinski definition) is 4. The zero-order valence-electron chi connectivity index (χ0n) is 20.8. The van der Waals surface area contributed by atoms with Crippen LogP contribution in [0.5, 0.6) is 0 Å². The Balaban J connectivity index is -0.0000000903. The van der Waals surface area contributed by atoms with E-state index in [-0.39, 0.29) is 52.4 Å². The van der Waals surface area contributed by atoms with Crippen molar-refractivity contribution in [1.82, 2.24) is 5.32 Å². The minimum Gasteiger partial charge on any atom is -0.480 e. The maximum atomic E-state index is 11.4. The lowest BCUT2D eigenvalue weighted by Crippen LogP contribution is -2.46. The summed E-state index contributed by atoms with van der Waals surface area (Å²) >= 11 is 0. The normalized spacial score (nSPS) is 11.4. The topological polar surface area (TPSA) is 182 Å². The summed E-state index contributed by atoms with van der Waals surface area (Å²) in [6.45, 7) is 10.6. The zero-order valence-corrected chi connectivity index (χ0v) is 23.8. The van der Waals surface area contributed by atoms with E-state index >= 15 is 0 Å². The highest BCUT2D eigenvalue weighted by Crippen LogP contribution is 2.01. The summed E-state index contributed by atoms with van der Waals surface area (Å²) in [5.74, 6) is -3.85. The molecular formula is C20H44N2O9S3. The van der Waals surface area contributed by atoms with Gasteiger partial charge in [-0.15, -0.1) is 0 Å². The summed E-state index contributed by atoms with van der Waals surface area (Å²) in [4.78, 5) is 51.7. The van der Waals surface area contributed by atoms with Gasteiger partial charge in [0.15, 0.2) is 0 Å². The van der Waals surface area contributed by atoms with Crippen LogP contribution in [-0.4, -0.2) is 71.2 Å². The highest BCUT2D eigenvalue weighted by atomic mass is 32.1. The fraction of sp³-hybridized carbons (Fsp3) is 0.750. The number of ether oxygens (including phenoxy) is 2. The molecule has 0 saturated heterocycles. The molecule has 0 amide bonds.